The van der Waals surface area contributed by atoms with Gasteiger partial charge in [-0.2, -0.15) is 5.26 Å². The minimum atomic E-state index is -3.01. The number of hydrogen-bond donors (Lipinski definition) is 2. The number of alkyl halides is 2. The van der Waals surface area contributed by atoms with Crippen molar-refractivity contribution >= 4 is 5.69 Å². The quantitative estimate of drug-likeness (QED) is 0.615. The van der Waals surface area contributed by atoms with E-state index in [2.05, 4.69) is 0 Å². The highest BCUT2D eigenvalue weighted by Gasteiger charge is 2.27. The molecule has 0 aliphatic rings. The molecule has 8 heteroatoms. The first-order valence-corrected chi connectivity index (χ1v) is 4.33. The van der Waals surface area contributed by atoms with E-state index in [0.29, 0.717) is 0 Å². The summed E-state index contributed by atoms with van der Waals surface area (Å²) in [5, 5.41) is 28.6. The molecular weight excluding hydrogens is 236 g/mol. The van der Waals surface area contributed by atoms with Crippen molar-refractivity contribution in [3.8, 4) is 11.8 Å². The zero-order valence-electron chi connectivity index (χ0n) is 8.30. The second kappa shape index (κ2) is 4.71. The number of rotatable bonds is 3. The predicted octanol–water partition coefficient (Wildman–Crippen LogP) is 1.44. The van der Waals surface area contributed by atoms with Crippen LogP contribution >= 0.6 is 0 Å². The number of halogens is 2. The summed E-state index contributed by atoms with van der Waals surface area (Å²) in [5.74, 6) is -0.943. The second-order valence-corrected chi connectivity index (χ2v) is 3.16. The van der Waals surface area contributed by atoms with Gasteiger partial charge in [0.15, 0.2) is 5.75 Å². The maximum atomic E-state index is 12.4. The minimum absolute atomic E-state index is 0.222. The molecule has 0 saturated carbocycles. The monoisotopic (exact) mass is 243 g/mol. The van der Waals surface area contributed by atoms with Crippen molar-refractivity contribution in [2.45, 2.75) is 12.5 Å². The van der Waals surface area contributed by atoms with E-state index in [0.717, 1.165) is 12.1 Å². The largest absolute Gasteiger partial charge is 0.502 e. The molecule has 0 saturated heterocycles. The normalized spacial score (nSPS) is 12.2. The Balaban J connectivity index is 3.45. The molecule has 17 heavy (non-hydrogen) atoms. The van der Waals surface area contributed by atoms with E-state index in [4.69, 9.17) is 11.0 Å². The maximum absolute atomic E-state index is 12.4. The average molecular weight is 243 g/mol. The number of nitrogens with two attached hydrogens (primary N) is 1. The van der Waals surface area contributed by atoms with Crippen LogP contribution < -0.4 is 5.73 Å². The number of phenolic OH excluding ortho intramolecular Hbond substituents is 1. The van der Waals surface area contributed by atoms with Crippen LogP contribution in [0, 0.1) is 21.4 Å². The third kappa shape index (κ3) is 2.46. The van der Waals surface area contributed by atoms with Gasteiger partial charge in [0.1, 0.15) is 0 Å². The highest BCUT2D eigenvalue weighted by Crippen LogP contribution is 2.35. The lowest BCUT2D eigenvalue weighted by Crippen LogP contribution is -2.19. The van der Waals surface area contributed by atoms with Gasteiger partial charge in [-0.25, -0.2) is 8.78 Å². The van der Waals surface area contributed by atoms with Gasteiger partial charge in [-0.05, 0) is 6.07 Å². The number of nitro groups is 1. The van der Waals surface area contributed by atoms with Crippen molar-refractivity contribution in [3.05, 3.63) is 33.4 Å². The summed E-state index contributed by atoms with van der Waals surface area (Å²) in [6.45, 7) is 0. The summed E-state index contributed by atoms with van der Waals surface area (Å²) in [7, 11) is 0. The molecule has 1 aromatic carbocycles. The van der Waals surface area contributed by atoms with Crippen LogP contribution in [0.1, 0.15) is 17.2 Å². The molecule has 0 unspecified atom stereocenters. The minimum Gasteiger partial charge on any atom is -0.502 e. The van der Waals surface area contributed by atoms with Crippen LogP contribution in [0.5, 0.6) is 5.75 Å². The second-order valence-electron chi connectivity index (χ2n) is 3.16. The summed E-state index contributed by atoms with van der Waals surface area (Å²) in [4.78, 5) is 9.57. The first-order chi connectivity index (χ1) is 7.88. The van der Waals surface area contributed by atoms with Crippen LogP contribution in [-0.2, 0) is 0 Å². The highest BCUT2D eigenvalue weighted by molar-refractivity contribution is 5.57. The fourth-order valence-corrected chi connectivity index (χ4v) is 1.23. The number of nitro benzene ring substituents is 1. The molecular formula is C9H7F2N3O3. The molecule has 1 aromatic rings. The van der Waals surface area contributed by atoms with Gasteiger partial charge in [-0.15, -0.1) is 0 Å². The number of phenols is 1. The number of benzene rings is 1. The van der Waals surface area contributed by atoms with Crippen LogP contribution in [0.15, 0.2) is 12.1 Å². The van der Waals surface area contributed by atoms with Gasteiger partial charge < -0.3 is 10.8 Å². The van der Waals surface area contributed by atoms with E-state index in [1.54, 1.807) is 6.07 Å². The van der Waals surface area contributed by atoms with E-state index in [1.807, 2.05) is 0 Å². The lowest BCUT2D eigenvalue weighted by molar-refractivity contribution is -0.386. The van der Waals surface area contributed by atoms with Gasteiger partial charge in [0.25, 0.3) is 6.43 Å². The Morgan fingerprint density at radius 2 is 2.12 bits per heavy atom. The Labute approximate surface area is 94.0 Å². The molecule has 3 N–H and O–H groups in total. The third-order valence-electron chi connectivity index (χ3n) is 2.08. The van der Waals surface area contributed by atoms with Crippen molar-refractivity contribution in [1.29, 1.82) is 5.26 Å². The molecule has 0 aliphatic heterocycles. The van der Waals surface area contributed by atoms with Gasteiger partial charge in [0, 0.05) is 11.6 Å². The molecule has 90 valence electrons. The molecule has 0 bridgehead atoms. The van der Waals surface area contributed by atoms with Crippen LogP contribution in [-0.4, -0.2) is 16.5 Å². The SMILES string of the molecule is N#Cc1cc([C@@H](N)C(F)F)c(O)c([N+](=O)[O-])c1. The van der Waals surface area contributed by atoms with E-state index in [1.165, 1.54) is 0 Å². The Bertz CT molecular complexity index is 499. The van der Waals surface area contributed by atoms with E-state index < -0.39 is 34.4 Å². The Kier molecular flexibility index (Phi) is 3.55. The number of nitriles is 1. The number of aromatic hydroxyl groups is 1. The first-order valence-electron chi connectivity index (χ1n) is 4.33. The van der Waals surface area contributed by atoms with Crippen molar-refractivity contribution in [3.63, 3.8) is 0 Å². The van der Waals surface area contributed by atoms with Crippen molar-refractivity contribution in [2.75, 3.05) is 0 Å². The van der Waals surface area contributed by atoms with Gasteiger partial charge in [-0.1, -0.05) is 0 Å². The molecule has 0 spiro atoms. The molecule has 0 fully saturated rings. The Morgan fingerprint density at radius 3 is 2.53 bits per heavy atom. The maximum Gasteiger partial charge on any atom is 0.312 e. The van der Waals surface area contributed by atoms with Crippen LogP contribution in [0.3, 0.4) is 0 Å². The van der Waals surface area contributed by atoms with Crippen molar-refractivity contribution < 1.29 is 18.8 Å². The molecule has 0 heterocycles. The lowest BCUT2D eigenvalue weighted by Gasteiger charge is -2.12. The molecule has 1 atom stereocenters. The topological polar surface area (TPSA) is 113 Å². The molecule has 0 aliphatic carbocycles. The Morgan fingerprint density at radius 1 is 1.53 bits per heavy atom. The van der Waals surface area contributed by atoms with E-state index in [-0.39, 0.29) is 5.56 Å². The number of hydrogen-bond acceptors (Lipinski definition) is 5. The summed E-state index contributed by atoms with van der Waals surface area (Å²) >= 11 is 0. The highest BCUT2D eigenvalue weighted by atomic mass is 19.3. The third-order valence-corrected chi connectivity index (χ3v) is 2.08. The van der Waals surface area contributed by atoms with Crippen LogP contribution in [0.4, 0.5) is 14.5 Å². The molecule has 6 nitrogen and oxygen atoms in total. The smallest absolute Gasteiger partial charge is 0.312 e. The zero-order chi connectivity index (χ0) is 13.2. The summed E-state index contributed by atoms with van der Waals surface area (Å²) in [5.41, 5.74) is 3.52. The van der Waals surface area contributed by atoms with E-state index >= 15 is 0 Å². The zero-order valence-corrected chi connectivity index (χ0v) is 8.30. The van der Waals surface area contributed by atoms with Crippen molar-refractivity contribution in [1.82, 2.24) is 0 Å². The lowest BCUT2D eigenvalue weighted by atomic mass is 10.0. The molecule has 0 amide bonds. The van der Waals surface area contributed by atoms with Crippen LogP contribution in [0.2, 0.25) is 0 Å². The van der Waals surface area contributed by atoms with Gasteiger partial charge in [0.05, 0.1) is 22.6 Å². The standard InChI is InChI=1S/C9H7F2N3O3/c10-9(11)7(13)5-1-4(3-12)2-6(8(5)15)14(16)17/h1-2,7,9,15H,13H2/t7-/m1/s1. The fourth-order valence-electron chi connectivity index (χ4n) is 1.23. The Hall–Kier alpha value is -2.27. The fraction of sp³-hybridized carbons (Fsp3) is 0.222. The summed E-state index contributed by atoms with van der Waals surface area (Å²) in [6.07, 6.45) is -3.01. The van der Waals surface area contributed by atoms with Crippen LogP contribution in [0.25, 0.3) is 0 Å². The summed E-state index contributed by atoms with van der Waals surface area (Å²) in [6, 6.07) is 1.37. The average Bonchev–Trinajstić information content (AvgIpc) is 2.27. The first kappa shape index (κ1) is 12.8. The predicted molar refractivity (Wildman–Crippen MR) is 52.4 cm³/mol. The molecule has 1 rings (SSSR count). The van der Waals surface area contributed by atoms with Crippen molar-refractivity contribution in [2.24, 2.45) is 5.73 Å². The van der Waals surface area contributed by atoms with Gasteiger partial charge in [-0.3, -0.25) is 10.1 Å². The van der Waals surface area contributed by atoms with Gasteiger partial charge in [0.2, 0.25) is 0 Å². The summed E-state index contributed by atoms with van der Waals surface area (Å²) < 4.78 is 24.7. The van der Waals surface area contributed by atoms with E-state index in [9.17, 15) is 24.0 Å². The molecule has 0 aromatic heterocycles. The number of nitrogens with zero attached hydrogens (tertiary/aromatic N) is 2. The van der Waals surface area contributed by atoms with Gasteiger partial charge >= 0.3 is 5.69 Å². The molecule has 0 radical (unpaired) electrons.